The van der Waals surface area contributed by atoms with E-state index in [2.05, 4.69) is 17.5 Å². The average Bonchev–Trinajstić information content (AvgIpc) is 2.47. The molecular formula is C10H11NO2. The van der Waals surface area contributed by atoms with Crippen LogP contribution in [0, 0.1) is 23.7 Å². The third kappa shape index (κ3) is 0.794. The third-order valence-corrected chi connectivity index (χ3v) is 3.60. The Bertz CT molecular complexity index is 291. The molecule has 0 radical (unpaired) electrons. The van der Waals surface area contributed by atoms with Crippen molar-refractivity contribution in [2.24, 2.45) is 23.7 Å². The van der Waals surface area contributed by atoms with Crippen molar-refractivity contribution >= 4 is 11.8 Å². The number of hydrogen-bond donors (Lipinski definition) is 1. The molecule has 4 rings (SSSR count). The summed E-state index contributed by atoms with van der Waals surface area (Å²) in [6.45, 7) is 0. The van der Waals surface area contributed by atoms with E-state index in [1.807, 2.05) is 0 Å². The van der Waals surface area contributed by atoms with Gasteiger partial charge < -0.3 is 0 Å². The molecule has 2 fully saturated rings. The number of carbonyl (C=O) groups excluding carboxylic acids is 2. The predicted octanol–water partition coefficient (Wildman–Crippen LogP) is 0.471. The van der Waals surface area contributed by atoms with E-state index in [9.17, 15) is 9.59 Å². The SMILES string of the molecule is O=C1NC(=O)[C@H]2[C@@H]1[C@@H]1C=C[C@H]2CC1. The molecule has 3 nitrogen and oxygen atoms in total. The highest BCUT2D eigenvalue weighted by atomic mass is 16.2. The molecule has 4 aliphatic rings. The summed E-state index contributed by atoms with van der Waals surface area (Å²) in [7, 11) is 0. The van der Waals surface area contributed by atoms with Crippen LogP contribution in [0.2, 0.25) is 0 Å². The summed E-state index contributed by atoms with van der Waals surface area (Å²) >= 11 is 0. The maximum Gasteiger partial charge on any atom is 0.231 e. The molecule has 3 aliphatic carbocycles. The normalized spacial score (nSPS) is 46.5. The van der Waals surface area contributed by atoms with E-state index in [0.717, 1.165) is 12.8 Å². The summed E-state index contributed by atoms with van der Waals surface area (Å²) in [5.74, 6) is 0.457. The molecule has 68 valence electrons. The molecule has 1 aliphatic heterocycles. The maximum atomic E-state index is 11.4. The van der Waals surface area contributed by atoms with E-state index >= 15 is 0 Å². The van der Waals surface area contributed by atoms with Crippen molar-refractivity contribution in [3.8, 4) is 0 Å². The fourth-order valence-electron chi connectivity index (χ4n) is 3.00. The van der Waals surface area contributed by atoms with Crippen molar-refractivity contribution in [3.63, 3.8) is 0 Å². The van der Waals surface area contributed by atoms with Crippen molar-refractivity contribution in [2.75, 3.05) is 0 Å². The molecule has 2 bridgehead atoms. The van der Waals surface area contributed by atoms with E-state index in [4.69, 9.17) is 0 Å². The number of fused-ring (bicyclic) bond motifs is 1. The number of carbonyl (C=O) groups is 2. The number of rotatable bonds is 0. The molecule has 0 aromatic carbocycles. The molecule has 13 heavy (non-hydrogen) atoms. The van der Waals surface area contributed by atoms with Gasteiger partial charge in [0.2, 0.25) is 11.8 Å². The van der Waals surface area contributed by atoms with Crippen LogP contribution in [-0.2, 0) is 9.59 Å². The Labute approximate surface area is 76.2 Å². The van der Waals surface area contributed by atoms with E-state index in [1.165, 1.54) is 0 Å². The predicted molar refractivity (Wildman–Crippen MR) is 45.5 cm³/mol. The van der Waals surface area contributed by atoms with E-state index < -0.39 is 0 Å². The Balaban J connectivity index is 2.07. The molecule has 3 heteroatoms. The van der Waals surface area contributed by atoms with Gasteiger partial charge >= 0.3 is 0 Å². The summed E-state index contributed by atoms with van der Waals surface area (Å²) in [6.07, 6.45) is 6.38. The number of amides is 2. The molecule has 1 N–H and O–H groups in total. The van der Waals surface area contributed by atoms with E-state index in [-0.39, 0.29) is 23.7 Å². The second-order valence-electron chi connectivity index (χ2n) is 4.20. The number of nitrogens with one attached hydrogen (secondary N) is 1. The molecule has 1 heterocycles. The van der Waals surface area contributed by atoms with Crippen LogP contribution in [0.4, 0.5) is 0 Å². The first-order valence-corrected chi connectivity index (χ1v) is 4.80. The van der Waals surface area contributed by atoms with Crippen LogP contribution in [0.1, 0.15) is 12.8 Å². The van der Waals surface area contributed by atoms with Gasteiger partial charge in [0.25, 0.3) is 0 Å². The summed E-state index contributed by atoms with van der Waals surface area (Å²) in [4.78, 5) is 22.9. The zero-order chi connectivity index (χ0) is 9.00. The van der Waals surface area contributed by atoms with Crippen LogP contribution < -0.4 is 5.32 Å². The van der Waals surface area contributed by atoms with Crippen molar-refractivity contribution < 1.29 is 9.59 Å². The topological polar surface area (TPSA) is 46.2 Å². The van der Waals surface area contributed by atoms with Gasteiger partial charge in [-0.15, -0.1) is 0 Å². The fraction of sp³-hybridized carbons (Fsp3) is 0.600. The van der Waals surface area contributed by atoms with E-state index in [1.54, 1.807) is 0 Å². The summed E-state index contributed by atoms with van der Waals surface area (Å²) in [6, 6.07) is 0. The van der Waals surface area contributed by atoms with Crippen LogP contribution in [0.15, 0.2) is 12.2 Å². The van der Waals surface area contributed by atoms with Gasteiger partial charge in [0.1, 0.15) is 0 Å². The van der Waals surface area contributed by atoms with E-state index in [0.29, 0.717) is 11.8 Å². The standard InChI is InChI=1S/C10H11NO2/c12-9-7-5-1-2-6(4-3-5)8(7)10(13)11-9/h1-2,5-8H,3-4H2,(H,11,12,13)/t5-,6+,7+,8-. The van der Waals surface area contributed by atoms with Gasteiger partial charge in [-0.2, -0.15) is 0 Å². The van der Waals surface area contributed by atoms with Crippen LogP contribution in [-0.4, -0.2) is 11.8 Å². The highest BCUT2D eigenvalue weighted by molar-refractivity contribution is 6.05. The zero-order valence-electron chi connectivity index (χ0n) is 7.19. The number of imide groups is 1. The number of allylic oxidation sites excluding steroid dienone is 2. The molecular weight excluding hydrogens is 166 g/mol. The lowest BCUT2D eigenvalue weighted by Crippen LogP contribution is -2.38. The minimum absolute atomic E-state index is 0.0451. The quantitative estimate of drug-likeness (QED) is 0.432. The van der Waals surface area contributed by atoms with Crippen molar-refractivity contribution in [1.29, 1.82) is 0 Å². The second kappa shape index (κ2) is 2.22. The molecule has 0 aromatic heterocycles. The lowest BCUT2D eigenvalue weighted by Gasteiger charge is -2.38. The highest BCUT2D eigenvalue weighted by Gasteiger charge is 2.52. The van der Waals surface area contributed by atoms with Crippen molar-refractivity contribution in [2.45, 2.75) is 12.8 Å². The Morgan fingerprint density at radius 2 is 1.46 bits per heavy atom. The monoisotopic (exact) mass is 177 g/mol. The lowest BCUT2D eigenvalue weighted by molar-refractivity contribution is -0.126. The third-order valence-electron chi connectivity index (χ3n) is 3.60. The minimum atomic E-state index is -0.0472. The van der Waals surface area contributed by atoms with Crippen LogP contribution in [0.5, 0.6) is 0 Å². The van der Waals surface area contributed by atoms with Gasteiger partial charge in [0.05, 0.1) is 11.8 Å². The molecule has 1 saturated heterocycles. The molecule has 0 spiro atoms. The fourth-order valence-corrected chi connectivity index (χ4v) is 3.00. The van der Waals surface area contributed by atoms with Crippen LogP contribution in [0.25, 0.3) is 0 Å². The smallest absolute Gasteiger partial charge is 0.231 e. The van der Waals surface area contributed by atoms with Crippen LogP contribution in [0.3, 0.4) is 0 Å². The molecule has 4 atom stereocenters. The first-order valence-electron chi connectivity index (χ1n) is 4.80. The van der Waals surface area contributed by atoms with Gasteiger partial charge in [-0.3, -0.25) is 14.9 Å². The summed E-state index contributed by atoms with van der Waals surface area (Å²) in [5, 5.41) is 2.44. The Kier molecular flexibility index (Phi) is 1.25. The minimum Gasteiger partial charge on any atom is -0.296 e. The lowest BCUT2D eigenvalue weighted by atomic mass is 9.63. The van der Waals surface area contributed by atoms with Crippen molar-refractivity contribution in [3.05, 3.63) is 12.2 Å². The molecule has 1 saturated carbocycles. The first kappa shape index (κ1) is 7.30. The van der Waals surface area contributed by atoms with Crippen molar-refractivity contribution in [1.82, 2.24) is 5.32 Å². The van der Waals surface area contributed by atoms with Gasteiger partial charge in [-0.25, -0.2) is 0 Å². The largest absolute Gasteiger partial charge is 0.296 e. The zero-order valence-corrected chi connectivity index (χ0v) is 7.19. The Morgan fingerprint density at radius 1 is 1.00 bits per heavy atom. The van der Waals surface area contributed by atoms with Gasteiger partial charge in [-0.05, 0) is 24.7 Å². The second-order valence-corrected chi connectivity index (χ2v) is 4.20. The van der Waals surface area contributed by atoms with Crippen LogP contribution >= 0.6 is 0 Å². The number of hydrogen-bond acceptors (Lipinski definition) is 2. The average molecular weight is 177 g/mol. The summed E-state index contributed by atoms with van der Waals surface area (Å²) < 4.78 is 0. The van der Waals surface area contributed by atoms with Gasteiger partial charge in [0, 0.05) is 0 Å². The molecule has 0 unspecified atom stereocenters. The Morgan fingerprint density at radius 3 is 1.85 bits per heavy atom. The molecule has 0 aromatic rings. The molecule has 2 amide bonds. The van der Waals surface area contributed by atoms with Gasteiger partial charge in [0.15, 0.2) is 0 Å². The highest BCUT2D eigenvalue weighted by Crippen LogP contribution is 2.46. The maximum absolute atomic E-state index is 11.4. The summed E-state index contributed by atoms with van der Waals surface area (Å²) in [5.41, 5.74) is 0. The van der Waals surface area contributed by atoms with Gasteiger partial charge in [-0.1, -0.05) is 12.2 Å². The Hall–Kier alpha value is -1.12. The first-order chi connectivity index (χ1) is 6.27.